The summed E-state index contributed by atoms with van der Waals surface area (Å²) >= 11 is 0. The molecule has 0 saturated carbocycles. The highest BCUT2D eigenvalue weighted by atomic mass is 32.2. The van der Waals surface area contributed by atoms with Crippen LogP contribution in [0.1, 0.15) is 11.1 Å². The molecular weight excluding hydrogens is 376 g/mol. The van der Waals surface area contributed by atoms with Crippen molar-refractivity contribution in [3.63, 3.8) is 0 Å². The summed E-state index contributed by atoms with van der Waals surface area (Å²) in [5.41, 5.74) is 2.95. The van der Waals surface area contributed by atoms with Crippen LogP contribution >= 0.6 is 0 Å². The van der Waals surface area contributed by atoms with Crippen molar-refractivity contribution in [1.82, 2.24) is 10.6 Å². The lowest BCUT2D eigenvalue weighted by molar-refractivity contribution is 0.414. The van der Waals surface area contributed by atoms with Gasteiger partial charge in [0.25, 0.3) is 0 Å². The standard InChI is InChI=1S/C20H26N4O3S/c1-21-20(23-15-16-7-9-18(27-2)10-8-16)22-12-14-28(25,26)24-13-11-17-5-3-4-6-19(17)24/h3-10H,11-15H2,1-2H3,(H2,21,22,23). The third-order valence-corrected chi connectivity index (χ3v) is 6.45. The van der Waals surface area contributed by atoms with E-state index in [2.05, 4.69) is 15.6 Å². The Morgan fingerprint density at radius 2 is 1.89 bits per heavy atom. The minimum Gasteiger partial charge on any atom is -0.497 e. The zero-order valence-electron chi connectivity index (χ0n) is 16.2. The second-order valence-electron chi connectivity index (χ2n) is 6.47. The number of rotatable bonds is 7. The Morgan fingerprint density at radius 1 is 1.14 bits per heavy atom. The lowest BCUT2D eigenvalue weighted by atomic mass is 10.2. The first-order valence-corrected chi connectivity index (χ1v) is 10.8. The number of hydrogen-bond acceptors (Lipinski definition) is 4. The molecule has 2 aromatic carbocycles. The van der Waals surface area contributed by atoms with E-state index in [-0.39, 0.29) is 12.3 Å². The van der Waals surface area contributed by atoms with Crippen LogP contribution < -0.4 is 19.7 Å². The van der Waals surface area contributed by atoms with E-state index in [1.54, 1.807) is 14.2 Å². The molecule has 150 valence electrons. The van der Waals surface area contributed by atoms with Gasteiger partial charge in [-0.25, -0.2) is 8.42 Å². The van der Waals surface area contributed by atoms with E-state index in [1.807, 2.05) is 48.5 Å². The Bertz CT molecular complexity index is 927. The molecule has 2 N–H and O–H groups in total. The van der Waals surface area contributed by atoms with Crippen molar-refractivity contribution in [3.8, 4) is 5.75 Å². The Labute approximate surface area is 166 Å². The van der Waals surface area contributed by atoms with Gasteiger partial charge in [-0.05, 0) is 35.7 Å². The van der Waals surface area contributed by atoms with Gasteiger partial charge in [0.05, 0.1) is 18.6 Å². The minimum absolute atomic E-state index is 0.00453. The Morgan fingerprint density at radius 3 is 2.61 bits per heavy atom. The number of methoxy groups -OCH3 is 1. The fourth-order valence-corrected chi connectivity index (χ4v) is 4.58. The first-order chi connectivity index (χ1) is 13.5. The molecule has 0 fully saturated rings. The van der Waals surface area contributed by atoms with Gasteiger partial charge < -0.3 is 15.4 Å². The van der Waals surface area contributed by atoms with Crippen LogP contribution in [0, 0.1) is 0 Å². The summed E-state index contributed by atoms with van der Waals surface area (Å²) in [6.45, 7) is 1.37. The molecule has 0 saturated heterocycles. The summed E-state index contributed by atoms with van der Waals surface area (Å²) in [6, 6.07) is 15.4. The number of anilines is 1. The van der Waals surface area contributed by atoms with E-state index in [4.69, 9.17) is 4.74 Å². The third kappa shape index (κ3) is 4.75. The maximum Gasteiger partial charge on any atom is 0.236 e. The molecule has 7 nitrogen and oxygen atoms in total. The number of nitrogens with one attached hydrogen (secondary N) is 2. The Kier molecular flexibility index (Phi) is 6.41. The fraction of sp³-hybridized carbons (Fsp3) is 0.350. The predicted molar refractivity (Wildman–Crippen MR) is 112 cm³/mol. The van der Waals surface area contributed by atoms with Crippen molar-refractivity contribution < 1.29 is 13.2 Å². The van der Waals surface area contributed by atoms with Crippen molar-refractivity contribution >= 4 is 21.7 Å². The van der Waals surface area contributed by atoms with Gasteiger partial charge in [0.1, 0.15) is 5.75 Å². The first kappa shape index (κ1) is 20.0. The van der Waals surface area contributed by atoms with E-state index in [9.17, 15) is 8.42 Å². The SMILES string of the molecule is CN=C(NCCS(=O)(=O)N1CCc2ccccc21)NCc1ccc(OC)cc1. The van der Waals surface area contributed by atoms with Crippen molar-refractivity contribution in [3.05, 3.63) is 59.7 Å². The number of aliphatic imine (C=N–C) groups is 1. The van der Waals surface area contributed by atoms with Crippen LogP contribution in [0.5, 0.6) is 5.75 Å². The van der Waals surface area contributed by atoms with E-state index >= 15 is 0 Å². The topological polar surface area (TPSA) is 83.0 Å². The van der Waals surface area contributed by atoms with Crippen LogP contribution in [0.15, 0.2) is 53.5 Å². The van der Waals surface area contributed by atoms with Gasteiger partial charge in [-0.1, -0.05) is 30.3 Å². The fourth-order valence-electron chi connectivity index (χ4n) is 3.16. The van der Waals surface area contributed by atoms with Crippen LogP contribution in [0.2, 0.25) is 0 Å². The monoisotopic (exact) mass is 402 g/mol. The molecule has 2 aromatic rings. The zero-order chi connectivity index (χ0) is 20.0. The molecular formula is C20H26N4O3S. The number of guanidine groups is 1. The maximum atomic E-state index is 12.7. The largest absolute Gasteiger partial charge is 0.497 e. The van der Waals surface area contributed by atoms with E-state index < -0.39 is 10.0 Å². The summed E-state index contributed by atoms with van der Waals surface area (Å²) in [6.07, 6.45) is 0.758. The van der Waals surface area contributed by atoms with Gasteiger partial charge in [-0.3, -0.25) is 9.30 Å². The van der Waals surface area contributed by atoms with Gasteiger partial charge in [-0.2, -0.15) is 0 Å². The first-order valence-electron chi connectivity index (χ1n) is 9.19. The van der Waals surface area contributed by atoms with Crippen molar-refractivity contribution in [1.29, 1.82) is 0 Å². The number of benzene rings is 2. The molecule has 0 spiro atoms. The number of para-hydroxylation sites is 1. The normalized spacial score (nSPS) is 13.9. The summed E-state index contributed by atoms with van der Waals surface area (Å²) in [5.74, 6) is 1.37. The smallest absolute Gasteiger partial charge is 0.236 e. The summed E-state index contributed by atoms with van der Waals surface area (Å²) < 4.78 is 32.1. The summed E-state index contributed by atoms with van der Waals surface area (Å²) in [5, 5.41) is 6.26. The summed E-state index contributed by atoms with van der Waals surface area (Å²) in [4.78, 5) is 4.15. The lowest BCUT2D eigenvalue weighted by Gasteiger charge is -2.20. The molecule has 0 unspecified atom stereocenters. The van der Waals surface area contributed by atoms with Gasteiger partial charge in [0.15, 0.2) is 5.96 Å². The number of hydrogen-bond donors (Lipinski definition) is 2. The van der Waals surface area contributed by atoms with Crippen molar-refractivity contribution in [2.45, 2.75) is 13.0 Å². The molecule has 0 aromatic heterocycles. The van der Waals surface area contributed by atoms with Gasteiger partial charge >= 0.3 is 0 Å². The Hall–Kier alpha value is -2.74. The van der Waals surface area contributed by atoms with Gasteiger partial charge in [-0.15, -0.1) is 0 Å². The molecule has 0 amide bonds. The lowest BCUT2D eigenvalue weighted by Crippen LogP contribution is -2.41. The maximum absolute atomic E-state index is 12.7. The van der Waals surface area contributed by atoms with Crippen molar-refractivity contribution in [2.75, 3.05) is 37.3 Å². The quantitative estimate of drug-likeness (QED) is 0.545. The highest BCUT2D eigenvalue weighted by Crippen LogP contribution is 2.29. The number of sulfonamides is 1. The molecule has 1 heterocycles. The van der Waals surface area contributed by atoms with Crippen LogP contribution in [0.25, 0.3) is 0 Å². The molecule has 1 aliphatic heterocycles. The van der Waals surface area contributed by atoms with Crippen LogP contribution in [0.4, 0.5) is 5.69 Å². The molecule has 28 heavy (non-hydrogen) atoms. The molecule has 3 rings (SSSR count). The number of ether oxygens (including phenoxy) is 1. The molecule has 0 bridgehead atoms. The highest BCUT2D eigenvalue weighted by molar-refractivity contribution is 7.92. The molecule has 1 aliphatic rings. The molecule has 0 aliphatic carbocycles. The van der Waals surface area contributed by atoms with Crippen LogP contribution in [-0.2, 0) is 23.0 Å². The third-order valence-electron chi connectivity index (χ3n) is 4.68. The summed E-state index contributed by atoms with van der Waals surface area (Å²) in [7, 11) is -0.0839. The van der Waals surface area contributed by atoms with Gasteiger partial charge in [0, 0.05) is 26.7 Å². The zero-order valence-corrected chi connectivity index (χ0v) is 17.0. The van der Waals surface area contributed by atoms with Crippen molar-refractivity contribution in [2.24, 2.45) is 4.99 Å². The Balaban J connectivity index is 1.50. The molecule has 8 heteroatoms. The van der Waals surface area contributed by atoms with Gasteiger partial charge in [0.2, 0.25) is 10.0 Å². The van der Waals surface area contributed by atoms with Crippen LogP contribution in [0.3, 0.4) is 0 Å². The van der Waals surface area contributed by atoms with E-state index in [0.717, 1.165) is 29.0 Å². The van der Waals surface area contributed by atoms with E-state index in [1.165, 1.54) is 4.31 Å². The second kappa shape index (κ2) is 8.97. The molecule has 0 radical (unpaired) electrons. The average Bonchev–Trinajstić information content (AvgIpc) is 3.16. The van der Waals surface area contributed by atoms with E-state index in [0.29, 0.717) is 19.0 Å². The average molecular weight is 403 g/mol. The van der Waals surface area contributed by atoms with Crippen LogP contribution in [-0.4, -0.2) is 47.4 Å². The highest BCUT2D eigenvalue weighted by Gasteiger charge is 2.28. The number of fused-ring (bicyclic) bond motifs is 1. The minimum atomic E-state index is -3.38. The number of nitrogens with zero attached hydrogens (tertiary/aromatic N) is 2. The predicted octanol–water partition coefficient (Wildman–Crippen LogP) is 1.75. The molecule has 0 atom stereocenters. The second-order valence-corrected chi connectivity index (χ2v) is 8.48.